The second kappa shape index (κ2) is 9.71. The lowest BCUT2D eigenvalue weighted by molar-refractivity contribution is -0.116. The molecule has 0 aliphatic heterocycles. The van der Waals surface area contributed by atoms with Crippen molar-refractivity contribution < 1.29 is 4.79 Å². The van der Waals surface area contributed by atoms with Crippen LogP contribution < -0.4 is 10.9 Å². The molecule has 0 unspecified atom stereocenters. The number of benzene rings is 2. The summed E-state index contributed by atoms with van der Waals surface area (Å²) >= 11 is 4.86. The Labute approximate surface area is 176 Å². The monoisotopic (exact) mass is 457 g/mol. The molecule has 7 heteroatoms. The second-order valence-corrected chi connectivity index (χ2v) is 8.15. The third-order valence-corrected chi connectivity index (χ3v) is 5.57. The van der Waals surface area contributed by atoms with Crippen molar-refractivity contribution in [2.24, 2.45) is 0 Å². The lowest BCUT2D eigenvalue weighted by Gasteiger charge is -2.08. The molecule has 0 aliphatic carbocycles. The Morgan fingerprint density at radius 2 is 1.96 bits per heavy atom. The highest BCUT2D eigenvalue weighted by Crippen LogP contribution is 2.19. The van der Waals surface area contributed by atoms with Crippen LogP contribution in [0.2, 0.25) is 0 Å². The van der Waals surface area contributed by atoms with Crippen LogP contribution in [0.15, 0.2) is 69.0 Å². The van der Waals surface area contributed by atoms with Crippen molar-refractivity contribution >= 4 is 39.3 Å². The summed E-state index contributed by atoms with van der Waals surface area (Å²) in [5.41, 5.74) is 2.92. The zero-order valence-electron chi connectivity index (χ0n) is 15.4. The Hall–Kier alpha value is -2.38. The molecule has 0 atom stereocenters. The van der Waals surface area contributed by atoms with Gasteiger partial charge in [-0.3, -0.25) is 9.59 Å². The third-order valence-electron chi connectivity index (χ3n) is 4.13. The number of amides is 1. The van der Waals surface area contributed by atoms with Crippen molar-refractivity contribution in [3.05, 3.63) is 86.2 Å². The van der Waals surface area contributed by atoms with Crippen molar-refractivity contribution in [3.8, 4) is 0 Å². The molecule has 0 radical (unpaired) electrons. The van der Waals surface area contributed by atoms with Crippen LogP contribution in [-0.4, -0.2) is 15.9 Å². The number of carbonyl (C=O) groups excluding carboxylic acids is 1. The highest BCUT2D eigenvalue weighted by molar-refractivity contribution is 9.10. The lowest BCUT2D eigenvalue weighted by Crippen LogP contribution is -2.20. The van der Waals surface area contributed by atoms with Gasteiger partial charge in [-0.2, -0.15) is 0 Å². The highest BCUT2D eigenvalue weighted by atomic mass is 79.9. The van der Waals surface area contributed by atoms with Crippen LogP contribution in [0.25, 0.3) is 0 Å². The summed E-state index contributed by atoms with van der Waals surface area (Å²) in [4.78, 5) is 31.9. The SMILES string of the molecule is Cc1nc(SCc2ccccc2)[nH]c(=O)c1CCC(=O)Nc1cccc(Br)c1. The van der Waals surface area contributed by atoms with Crippen LogP contribution in [0.5, 0.6) is 0 Å². The summed E-state index contributed by atoms with van der Waals surface area (Å²) in [6.45, 7) is 1.81. The van der Waals surface area contributed by atoms with Gasteiger partial charge in [-0.15, -0.1) is 0 Å². The summed E-state index contributed by atoms with van der Waals surface area (Å²) in [5.74, 6) is 0.594. The number of aromatic amines is 1. The summed E-state index contributed by atoms with van der Waals surface area (Å²) in [6, 6.07) is 17.4. The van der Waals surface area contributed by atoms with Gasteiger partial charge < -0.3 is 10.3 Å². The molecule has 3 rings (SSSR count). The first kappa shape index (κ1) is 20.4. The Balaban J connectivity index is 1.59. The van der Waals surface area contributed by atoms with Gasteiger partial charge in [-0.25, -0.2) is 4.98 Å². The topological polar surface area (TPSA) is 74.8 Å². The van der Waals surface area contributed by atoms with E-state index < -0.39 is 0 Å². The first-order valence-corrected chi connectivity index (χ1v) is 10.6. The average Bonchev–Trinajstić information content (AvgIpc) is 2.66. The molecule has 3 aromatic rings. The molecule has 0 saturated carbocycles. The van der Waals surface area contributed by atoms with Crippen LogP contribution in [0.1, 0.15) is 23.2 Å². The highest BCUT2D eigenvalue weighted by Gasteiger charge is 2.11. The van der Waals surface area contributed by atoms with E-state index >= 15 is 0 Å². The van der Waals surface area contributed by atoms with Crippen LogP contribution in [0.3, 0.4) is 0 Å². The molecule has 1 aromatic heterocycles. The molecule has 0 saturated heterocycles. The van der Waals surface area contributed by atoms with Gasteiger partial charge in [0.25, 0.3) is 5.56 Å². The number of anilines is 1. The predicted molar refractivity (Wildman–Crippen MR) is 117 cm³/mol. The van der Waals surface area contributed by atoms with E-state index in [9.17, 15) is 9.59 Å². The fourth-order valence-electron chi connectivity index (χ4n) is 2.70. The van der Waals surface area contributed by atoms with Crippen LogP contribution >= 0.6 is 27.7 Å². The van der Waals surface area contributed by atoms with E-state index in [0.717, 1.165) is 15.9 Å². The molecular formula is C21H20BrN3O2S. The summed E-state index contributed by atoms with van der Waals surface area (Å²) in [7, 11) is 0. The molecule has 0 bridgehead atoms. The maximum atomic E-state index is 12.4. The van der Waals surface area contributed by atoms with E-state index in [1.807, 2.05) is 61.5 Å². The Kier molecular flexibility index (Phi) is 7.06. The molecule has 0 spiro atoms. The van der Waals surface area contributed by atoms with Gasteiger partial charge in [0.05, 0.1) is 0 Å². The Morgan fingerprint density at radius 1 is 1.18 bits per heavy atom. The zero-order chi connectivity index (χ0) is 19.9. The standard InChI is InChI=1S/C21H20BrN3O2S/c1-14-18(10-11-19(26)24-17-9-5-8-16(22)12-17)20(27)25-21(23-14)28-13-15-6-3-2-4-7-15/h2-9,12H,10-11,13H2,1H3,(H,24,26)(H,23,25,27). The summed E-state index contributed by atoms with van der Waals surface area (Å²) in [6.07, 6.45) is 0.562. The van der Waals surface area contributed by atoms with Gasteiger partial charge in [-0.1, -0.05) is 64.1 Å². The van der Waals surface area contributed by atoms with Gasteiger partial charge in [0.15, 0.2) is 5.16 Å². The fraction of sp³-hybridized carbons (Fsp3) is 0.190. The van der Waals surface area contributed by atoms with Crippen LogP contribution in [0, 0.1) is 6.92 Å². The smallest absolute Gasteiger partial charge is 0.254 e. The number of H-pyrrole nitrogens is 1. The molecule has 0 aliphatic rings. The number of thioether (sulfide) groups is 1. The average molecular weight is 458 g/mol. The number of aryl methyl sites for hydroxylation is 1. The summed E-state index contributed by atoms with van der Waals surface area (Å²) < 4.78 is 0.894. The number of halogens is 1. The Morgan fingerprint density at radius 3 is 2.68 bits per heavy atom. The Bertz CT molecular complexity index is 1020. The minimum absolute atomic E-state index is 0.139. The van der Waals surface area contributed by atoms with Gasteiger partial charge in [0, 0.05) is 33.6 Å². The molecule has 1 heterocycles. The van der Waals surface area contributed by atoms with Crippen LogP contribution in [0.4, 0.5) is 5.69 Å². The first-order valence-electron chi connectivity index (χ1n) is 8.83. The van der Waals surface area contributed by atoms with E-state index in [4.69, 9.17) is 0 Å². The maximum Gasteiger partial charge on any atom is 0.254 e. The van der Waals surface area contributed by atoms with E-state index in [-0.39, 0.29) is 17.9 Å². The van der Waals surface area contributed by atoms with Crippen molar-refractivity contribution in [2.45, 2.75) is 30.7 Å². The number of nitrogens with one attached hydrogen (secondary N) is 2. The molecule has 0 fully saturated rings. The molecule has 1 amide bonds. The van der Waals surface area contributed by atoms with Crippen molar-refractivity contribution in [3.63, 3.8) is 0 Å². The number of hydrogen-bond acceptors (Lipinski definition) is 4. The van der Waals surface area contributed by atoms with Crippen molar-refractivity contribution in [2.75, 3.05) is 5.32 Å². The van der Waals surface area contributed by atoms with Gasteiger partial charge in [-0.05, 0) is 37.1 Å². The van der Waals surface area contributed by atoms with Crippen molar-refractivity contribution in [1.29, 1.82) is 0 Å². The number of aromatic nitrogens is 2. The van der Waals surface area contributed by atoms with Crippen LogP contribution in [-0.2, 0) is 17.0 Å². The number of carbonyl (C=O) groups is 1. The van der Waals surface area contributed by atoms with E-state index in [2.05, 4.69) is 31.2 Å². The maximum absolute atomic E-state index is 12.4. The van der Waals surface area contributed by atoms with Gasteiger partial charge in [0.1, 0.15) is 0 Å². The largest absolute Gasteiger partial charge is 0.326 e. The van der Waals surface area contributed by atoms with Crippen molar-refractivity contribution in [1.82, 2.24) is 9.97 Å². The number of rotatable bonds is 7. The van der Waals surface area contributed by atoms with Gasteiger partial charge >= 0.3 is 0 Å². The molecule has 2 N–H and O–H groups in total. The quantitative estimate of drug-likeness (QED) is 0.398. The minimum atomic E-state index is -0.182. The minimum Gasteiger partial charge on any atom is -0.326 e. The molecule has 5 nitrogen and oxygen atoms in total. The molecule has 144 valence electrons. The van der Waals surface area contributed by atoms with Gasteiger partial charge in [0.2, 0.25) is 5.91 Å². The first-order chi connectivity index (χ1) is 13.5. The molecule has 28 heavy (non-hydrogen) atoms. The van der Waals surface area contributed by atoms with E-state index in [1.54, 1.807) is 0 Å². The third kappa shape index (κ3) is 5.81. The van der Waals surface area contributed by atoms with E-state index in [0.29, 0.717) is 22.8 Å². The zero-order valence-corrected chi connectivity index (χ0v) is 17.8. The van der Waals surface area contributed by atoms with E-state index in [1.165, 1.54) is 17.3 Å². The molecule has 2 aromatic carbocycles. The number of hydrogen-bond donors (Lipinski definition) is 2. The fourth-order valence-corrected chi connectivity index (χ4v) is 3.96. The molecular weight excluding hydrogens is 438 g/mol. The second-order valence-electron chi connectivity index (χ2n) is 6.27. The normalized spacial score (nSPS) is 10.6. The predicted octanol–water partition coefficient (Wildman–Crippen LogP) is 4.70. The summed E-state index contributed by atoms with van der Waals surface area (Å²) in [5, 5.41) is 3.43. The number of nitrogens with zero attached hydrogens (tertiary/aromatic N) is 1. The lowest BCUT2D eigenvalue weighted by atomic mass is 10.1.